The van der Waals surface area contributed by atoms with Crippen LogP contribution in [0.15, 0.2) is 24.3 Å². The minimum Gasteiger partial charge on any atom is -0.497 e. The third kappa shape index (κ3) is 2.33. The van der Waals surface area contributed by atoms with Gasteiger partial charge < -0.3 is 9.84 Å². The Morgan fingerprint density at radius 3 is 2.38 bits per heavy atom. The van der Waals surface area contributed by atoms with Gasteiger partial charge in [-0.2, -0.15) is 0 Å². The quantitative estimate of drug-likeness (QED) is 0.796. The first kappa shape index (κ1) is 12.5. The SMILES string of the molecule is CCN[C@](C)(C(=O)O)c1ccc(OC)cc1. The third-order valence-corrected chi connectivity index (χ3v) is 2.63. The van der Waals surface area contributed by atoms with E-state index in [1.54, 1.807) is 38.3 Å². The topological polar surface area (TPSA) is 58.6 Å². The molecule has 0 aliphatic carbocycles. The Hall–Kier alpha value is -1.55. The van der Waals surface area contributed by atoms with E-state index in [1.165, 1.54) is 0 Å². The normalized spacial score (nSPS) is 14.2. The van der Waals surface area contributed by atoms with Crippen LogP contribution in [0.3, 0.4) is 0 Å². The van der Waals surface area contributed by atoms with Crippen molar-refractivity contribution < 1.29 is 14.6 Å². The minimum atomic E-state index is -1.05. The second-order valence-corrected chi connectivity index (χ2v) is 3.69. The Bertz CT molecular complexity index is 361. The fraction of sp³-hybridized carbons (Fsp3) is 0.417. The molecular weight excluding hydrogens is 206 g/mol. The van der Waals surface area contributed by atoms with Crippen LogP contribution in [0.1, 0.15) is 19.4 Å². The molecule has 0 aliphatic rings. The molecule has 0 unspecified atom stereocenters. The van der Waals surface area contributed by atoms with Crippen molar-refractivity contribution in [3.8, 4) is 5.75 Å². The van der Waals surface area contributed by atoms with Gasteiger partial charge in [-0.25, -0.2) is 4.79 Å². The number of ether oxygens (including phenoxy) is 1. The number of benzene rings is 1. The second-order valence-electron chi connectivity index (χ2n) is 3.69. The number of rotatable bonds is 5. The molecule has 0 heterocycles. The fourth-order valence-corrected chi connectivity index (χ4v) is 1.58. The number of methoxy groups -OCH3 is 1. The summed E-state index contributed by atoms with van der Waals surface area (Å²) < 4.78 is 5.03. The molecule has 0 bridgehead atoms. The van der Waals surface area contributed by atoms with Gasteiger partial charge in [-0.1, -0.05) is 19.1 Å². The second kappa shape index (κ2) is 4.99. The highest BCUT2D eigenvalue weighted by molar-refractivity contribution is 5.80. The highest BCUT2D eigenvalue weighted by Crippen LogP contribution is 2.23. The van der Waals surface area contributed by atoms with E-state index in [0.29, 0.717) is 17.9 Å². The summed E-state index contributed by atoms with van der Waals surface area (Å²) in [5, 5.41) is 12.2. The van der Waals surface area contributed by atoms with Gasteiger partial charge >= 0.3 is 5.97 Å². The molecule has 1 atom stereocenters. The molecule has 0 spiro atoms. The first-order chi connectivity index (χ1) is 7.54. The zero-order chi connectivity index (χ0) is 12.2. The molecule has 1 aromatic rings. The van der Waals surface area contributed by atoms with E-state index in [0.717, 1.165) is 0 Å². The van der Waals surface area contributed by atoms with Crippen molar-refractivity contribution in [2.24, 2.45) is 0 Å². The molecule has 4 heteroatoms. The van der Waals surface area contributed by atoms with E-state index < -0.39 is 11.5 Å². The Kier molecular flexibility index (Phi) is 3.90. The third-order valence-electron chi connectivity index (χ3n) is 2.63. The smallest absolute Gasteiger partial charge is 0.328 e. The molecule has 16 heavy (non-hydrogen) atoms. The summed E-state index contributed by atoms with van der Waals surface area (Å²) in [6, 6.07) is 7.03. The first-order valence-electron chi connectivity index (χ1n) is 5.17. The predicted molar refractivity (Wildman–Crippen MR) is 61.7 cm³/mol. The van der Waals surface area contributed by atoms with Crippen LogP contribution >= 0.6 is 0 Å². The summed E-state index contributed by atoms with van der Waals surface area (Å²) in [5.41, 5.74) is -0.344. The minimum absolute atomic E-state index is 0.592. The number of aliphatic carboxylic acids is 1. The van der Waals surface area contributed by atoms with E-state index in [2.05, 4.69) is 5.32 Å². The maximum Gasteiger partial charge on any atom is 0.328 e. The van der Waals surface area contributed by atoms with Crippen LogP contribution in [-0.2, 0) is 10.3 Å². The van der Waals surface area contributed by atoms with Crippen molar-refractivity contribution >= 4 is 5.97 Å². The molecule has 0 aromatic heterocycles. The first-order valence-corrected chi connectivity index (χ1v) is 5.17. The number of hydrogen-bond acceptors (Lipinski definition) is 3. The Morgan fingerprint density at radius 2 is 2.00 bits per heavy atom. The van der Waals surface area contributed by atoms with Gasteiger partial charge in [0.2, 0.25) is 0 Å². The van der Waals surface area contributed by atoms with Crippen molar-refractivity contribution in [2.45, 2.75) is 19.4 Å². The monoisotopic (exact) mass is 223 g/mol. The number of nitrogens with one attached hydrogen (secondary N) is 1. The van der Waals surface area contributed by atoms with Gasteiger partial charge in [-0.15, -0.1) is 0 Å². The largest absolute Gasteiger partial charge is 0.497 e. The Balaban J connectivity index is 3.06. The van der Waals surface area contributed by atoms with Crippen LogP contribution in [0, 0.1) is 0 Å². The van der Waals surface area contributed by atoms with E-state index in [-0.39, 0.29) is 0 Å². The summed E-state index contributed by atoms with van der Waals surface area (Å²) in [6.07, 6.45) is 0. The Morgan fingerprint density at radius 1 is 1.44 bits per heavy atom. The lowest BCUT2D eigenvalue weighted by Crippen LogP contribution is -2.46. The van der Waals surface area contributed by atoms with Crippen molar-refractivity contribution in [1.29, 1.82) is 0 Å². The molecule has 0 saturated heterocycles. The van der Waals surface area contributed by atoms with E-state index >= 15 is 0 Å². The van der Waals surface area contributed by atoms with Crippen LogP contribution in [0.2, 0.25) is 0 Å². The zero-order valence-corrected chi connectivity index (χ0v) is 9.78. The van der Waals surface area contributed by atoms with Crippen LogP contribution in [-0.4, -0.2) is 24.7 Å². The maximum absolute atomic E-state index is 11.3. The van der Waals surface area contributed by atoms with Crippen molar-refractivity contribution in [3.63, 3.8) is 0 Å². The molecule has 0 radical (unpaired) electrons. The molecule has 0 aliphatic heterocycles. The number of carbonyl (C=O) groups is 1. The van der Waals surface area contributed by atoms with Crippen LogP contribution in [0.5, 0.6) is 5.75 Å². The zero-order valence-electron chi connectivity index (χ0n) is 9.78. The van der Waals surface area contributed by atoms with Gasteiger partial charge in [0.25, 0.3) is 0 Å². The van der Waals surface area contributed by atoms with Gasteiger partial charge in [0.1, 0.15) is 11.3 Å². The summed E-state index contributed by atoms with van der Waals surface area (Å²) in [5.74, 6) is -0.174. The molecular formula is C12H17NO3. The fourth-order valence-electron chi connectivity index (χ4n) is 1.58. The van der Waals surface area contributed by atoms with Crippen LogP contribution in [0.4, 0.5) is 0 Å². The van der Waals surface area contributed by atoms with Gasteiger partial charge in [-0.3, -0.25) is 5.32 Å². The lowest BCUT2D eigenvalue weighted by atomic mass is 9.92. The molecule has 0 fully saturated rings. The van der Waals surface area contributed by atoms with E-state index in [1.807, 2.05) is 6.92 Å². The van der Waals surface area contributed by atoms with Gasteiger partial charge in [0.15, 0.2) is 0 Å². The van der Waals surface area contributed by atoms with Crippen molar-refractivity contribution in [3.05, 3.63) is 29.8 Å². The standard InChI is InChI=1S/C12H17NO3/c1-4-13-12(2,11(14)15)9-5-7-10(16-3)8-6-9/h5-8,13H,4H2,1-3H3,(H,14,15)/t12-/m0/s1. The van der Waals surface area contributed by atoms with Crippen LogP contribution in [0.25, 0.3) is 0 Å². The average molecular weight is 223 g/mol. The van der Waals surface area contributed by atoms with Crippen LogP contribution < -0.4 is 10.1 Å². The molecule has 88 valence electrons. The maximum atomic E-state index is 11.3. The molecule has 2 N–H and O–H groups in total. The van der Waals surface area contributed by atoms with Gasteiger partial charge in [0, 0.05) is 0 Å². The Labute approximate surface area is 95.2 Å². The number of likely N-dealkylation sites (N-methyl/N-ethyl adjacent to an activating group) is 1. The lowest BCUT2D eigenvalue weighted by molar-refractivity contribution is -0.144. The molecule has 1 aromatic carbocycles. The molecule has 0 amide bonds. The van der Waals surface area contributed by atoms with E-state index in [9.17, 15) is 9.90 Å². The van der Waals surface area contributed by atoms with E-state index in [4.69, 9.17) is 4.74 Å². The summed E-state index contributed by atoms with van der Waals surface area (Å²) in [6.45, 7) is 4.13. The number of carboxylic acids is 1. The predicted octanol–water partition coefficient (Wildman–Crippen LogP) is 1.60. The summed E-state index contributed by atoms with van der Waals surface area (Å²) in [7, 11) is 1.58. The van der Waals surface area contributed by atoms with Crippen molar-refractivity contribution in [2.75, 3.05) is 13.7 Å². The van der Waals surface area contributed by atoms with Gasteiger partial charge in [0.05, 0.1) is 7.11 Å². The molecule has 0 saturated carbocycles. The number of hydrogen-bond donors (Lipinski definition) is 2. The lowest BCUT2D eigenvalue weighted by Gasteiger charge is -2.26. The van der Waals surface area contributed by atoms with Crippen molar-refractivity contribution in [1.82, 2.24) is 5.32 Å². The highest BCUT2D eigenvalue weighted by Gasteiger charge is 2.33. The summed E-state index contributed by atoms with van der Waals surface area (Å²) >= 11 is 0. The summed E-state index contributed by atoms with van der Waals surface area (Å²) in [4.78, 5) is 11.3. The molecule has 1 rings (SSSR count). The molecule has 4 nitrogen and oxygen atoms in total. The van der Waals surface area contributed by atoms with Gasteiger partial charge in [-0.05, 0) is 31.2 Å². The average Bonchev–Trinajstić information content (AvgIpc) is 2.29. The highest BCUT2D eigenvalue weighted by atomic mass is 16.5. The number of carboxylic acid groups (broad SMARTS) is 1.